The third-order valence-corrected chi connectivity index (χ3v) is 8.91. The minimum Gasteiger partial charge on any atom is -0.443 e. The Labute approximate surface area is 215 Å². The predicted octanol–water partition coefficient (Wildman–Crippen LogP) is 3.87. The van der Waals surface area contributed by atoms with Crippen LogP contribution in [0.5, 0.6) is 0 Å². The Morgan fingerprint density at radius 2 is 1.92 bits per heavy atom. The van der Waals surface area contributed by atoms with Gasteiger partial charge in [0.25, 0.3) is 0 Å². The van der Waals surface area contributed by atoms with Crippen molar-refractivity contribution in [1.29, 1.82) is 0 Å². The lowest BCUT2D eigenvalue weighted by atomic mass is 10.1. The van der Waals surface area contributed by atoms with E-state index < -0.39 is 10.0 Å². The van der Waals surface area contributed by atoms with Crippen molar-refractivity contribution in [2.45, 2.75) is 57.1 Å². The Hall–Kier alpha value is -3.70. The fraction of sp³-hybridized carbons (Fsp3) is 0.346. The van der Waals surface area contributed by atoms with E-state index in [1.807, 2.05) is 50.2 Å². The Morgan fingerprint density at radius 3 is 2.70 bits per heavy atom. The summed E-state index contributed by atoms with van der Waals surface area (Å²) in [6, 6.07) is 11.7. The molecule has 0 bridgehead atoms. The standard InChI is InChI=1S/C26H28N6O4S/c1-14-9-16(13-28-37(34,35)19-6-7-19)3-8-21(14)30-24-15(2)12-27-25(32-24)29-18-5-4-17-10-22-23(20(17)11-18)31-26(33)36-22/h3-5,8-9,11-12,19,22-23,28H,6-7,10,13H2,1-2H3,(H,31,33)(H2,27,29,30,32)/t22-,23+/m1/s1. The van der Waals surface area contributed by atoms with Gasteiger partial charge in [-0.3, -0.25) is 0 Å². The Kier molecular flexibility index (Phi) is 5.76. The van der Waals surface area contributed by atoms with E-state index >= 15 is 0 Å². The Bertz CT molecular complexity index is 1500. The van der Waals surface area contributed by atoms with E-state index in [4.69, 9.17) is 4.74 Å². The predicted molar refractivity (Wildman–Crippen MR) is 140 cm³/mol. The Morgan fingerprint density at radius 1 is 1.08 bits per heavy atom. The van der Waals surface area contributed by atoms with Crippen LogP contribution in [0, 0.1) is 13.8 Å². The minimum atomic E-state index is -3.22. The normalized spacial score (nSPS) is 20.1. The van der Waals surface area contributed by atoms with Gasteiger partial charge in [-0.25, -0.2) is 22.9 Å². The zero-order valence-electron chi connectivity index (χ0n) is 20.5. The summed E-state index contributed by atoms with van der Waals surface area (Å²) in [4.78, 5) is 20.7. The van der Waals surface area contributed by atoms with Crippen molar-refractivity contribution in [1.82, 2.24) is 20.0 Å². The number of alkyl carbamates (subject to hydrolysis) is 1. The third-order valence-electron chi connectivity index (χ3n) is 7.02. The second-order valence-corrected chi connectivity index (χ2v) is 11.9. The highest BCUT2D eigenvalue weighted by molar-refractivity contribution is 7.90. The van der Waals surface area contributed by atoms with E-state index in [1.165, 1.54) is 0 Å². The molecule has 1 aliphatic heterocycles. The van der Waals surface area contributed by atoms with Crippen LogP contribution < -0.4 is 20.7 Å². The number of aryl methyl sites for hydroxylation is 2. The molecule has 1 saturated carbocycles. The molecule has 0 unspecified atom stereocenters. The largest absolute Gasteiger partial charge is 0.443 e. The molecule has 10 nitrogen and oxygen atoms in total. The highest BCUT2D eigenvalue weighted by atomic mass is 32.2. The van der Waals surface area contributed by atoms with Gasteiger partial charge in [0.05, 0.1) is 11.3 Å². The fourth-order valence-corrected chi connectivity index (χ4v) is 6.16. The van der Waals surface area contributed by atoms with Gasteiger partial charge >= 0.3 is 6.09 Å². The van der Waals surface area contributed by atoms with Crippen molar-refractivity contribution < 1.29 is 17.9 Å². The number of carbonyl (C=O) groups is 1. The number of hydrogen-bond acceptors (Lipinski definition) is 8. The average Bonchev–Trinajstić information content (AvgIpc) is 3.60. The first-order valence-corrected chi connectivity index (χ1v) is 13.9. The average molecular weight is 521 g/mol. The van der Waals surface area contributed by atoms with Crippen LogP contribution in [-0.4, -0.2) is 35.8 Å². The molecule has 11 heteroatoms. The number of fused-ring (bicyclic) bond motifs is 3. The number of ether oxygens (including phenoxy) is 1. The third kappa shape index (κ3) is 4.84. The topological polar surface area (TPSA) is 134 Å². The summed E-state index contributed by atoms with van der Waals surface area (Å²) in [6.07, 6.45) is 3.41. The number of amides is 1. The summed E-state index contributed by atoms with van der Waals surface area (Å²) in [5, 5.41) is 9.29. The lowest BCUT2D eigenvalue weighted by molar-refractivity contribution is 0.136. The van der Waals surface area contributed by atoms with E-state index in [-0.39, 0.29) is 30.0 Å². The van der Waals surface area contributed by atoms with Gasteiger partial charge in [-0.1, -0.05) is 18.2 Å². The van der Waals surface area contributed by atoms with Crippen LogP contribution in [0.25, 0.3) is 0 Å². The molecule has 2 aromatic carbocycles. The molecule has 1 saturated heterocycles. The zero-order chi connectivity index (χ0) is 25.7. The SMILES string of the molecule is Cc1cc(CNS(=O)(=O)C2CC2)ccc1Nc1nc(Nc2ccc3c(c2)[C@@H]2NC(=O)O[C@@H]2C3)ncc1C. The number of aromatic nitrogens is 2. The molecule has 37 heavy (non-hydrogen) atoms. The molecule has 2 aliphatic carbocycles. The van der Waals surface area contributed by atoms with Gasteiger partial charge in [0.2, 0.25) is 16.0 Å². The minimum absolute atomic E-state index is 0.129. The highest BCUT2D eigenvalue weighted by Crippen LogP contribution is 2.38. The molecule has 2 heterocycles. The molecular formula is C26H28N6O4S. The summed E-state index contributed by atoms with van der Waals surface area (Å²) < 4.78 is 32.3. The van der Waals surface area contributed by atoms with Crippen molar-refractivity contribution in [2.75, 3.05) is 10.6 Å². The van der Waals surface area contributed by atoms with Crippen LogP contribution in [0.1, 0.15) is 46.7 Å². The number of benzene rings is 2. The lowest BCUT2D eigenvalue weighted by Crippen LogP contribution is -2.26. The number of rotatable bonds is 8. The van der Waals surface area contributed by atoms with Crippen molar-refractivity contribution >= 4 is 39.3 Å². The number of carbonyl (C=O) groups excluding carboxylic acids is 1. The van der Waals surface area contributed by atoms with Gasteiger partial charge in [0.15, 0.2) is 0 Å². The summed E-state index contributed by atoms with van der Waals surface area (Å²) in [5.41, 5.74) is 6.66. The molecular weight excluding hydrogens is 492 g/mol. The maximum absolute atomic E-state index is 12.1. The van der Waals surface area contributed by atoms with Crippen molar-refractivity contribution in [3.8, 4) is 0 Å². The molecule has 0 spiro atoms. The van der Waals surface area contributed by atoms with Crippen molar-refractivity contribution in [2.24, 2.45) is 0 Å². The maximum Gasteiger partial charge on any atom is 0.408 e. The van der Waals surface area contributed by atoms with Crippen LogP contribution in [0.2, 0.25) is 0 Å². The highest BCUT2D eigenvalue weighted by Gasteiger charge is 2.41. The molecule has 1 amide bonds. The molecule has 6 rings (SSSR count). The molecule has 3 aromatic rings. The first kappa shape index (κ1) is 23.7. The van der Waals surface area contributed by atoms with Gasteiger partial charge in [-0.05, 0) is 67.1 Å². The number of hydrogen-bond donors (Lipinski definition) is 4. The summed E-state index contributed by atoms with van der Waals surface area (Å²) in [5.74, 6) is 1.11. The summed E-state index contributed by atoms with van der Waals surface area (Å²) in [6.45, 7) is 4.18. The first-order chi connectivity index (χ1) is 17.7. The second kappa shape index (κ2) is 9.00. The van der Waals surface area contributed by atoms with Crippen molar-refractivity contribution in [3.05, 3.63) is 70.4 Å². The first-order valence-electron chi connectivity index (χ1n) is 12.3. The van der Waals surface area contributed by atoms with Crippen molar-refractivity contribution in [3.63, 3.8) is 0 Å². The smallest absolute Gasteiger partial charge is 0.408 e. The van der Waals surface area contributed by atoms with Gasteiger partial charge < -0.3 is 20.7 Å². The van der Waals surface area contributed by atoms with Crippen LogP contribution in [-0.2, 0) is 27.7 Å². The quantitative estimate of drug-likeness (QED) is 0.352. The van der Waals surface area contributed by atoms with Crippen LogP contribution in [0.3, 0.4) is 0 Å². The number of nitrogens with one attached hydrogen (secondary N) is 4. The molecule has 192 valence electrons. The Balaban J connectivity index is 1.15. The molecule has 1 aromatic heterocycles. The molecule has 3 aliphatic rings. The molecule has 0 radical (unpaired) electrons. The van der Waals surface area contributed by atoms with Gasteiger partial charge in [0.1, 0.15) is 11.9 Å². The van der Waals surface area contributed by atoms with Gasteiger partial charge in [-0.15, -0.1) is 0 Å². The molecule has 4 N–H and O–H groups in total. The lowest BCUT2D eigenvalue weighted by Gasteiger charge is -2.15. The van der Waals surface area contributed by atoms with Gasteiger partial charge in [-0.2, -0.15) is 4.98 Å². The number of anilines is 4. The van der Waals surface area contributed by atoms with Gasteiger partial charge in [0, 0.05) is 36.1 Å². The van der Waals surface area contributed by atoms with E-state index in [9.17, 15) is 13.2 Å². The van der Waals surface area contributed by atoms with E-state index in [0.717, 1.165) is 52.0 Å². The summed E-state index contributed by atoms with van der Waals surface area (Å²) in [7, 11) is -3.22. The van der Waals surface area contributed by atoms with Crippen LogP contribution in [0.15, 0.2) is 42.6 Å². The van der Waals surface area contributed by atoms with E-state index in [2.05, 4.69) is 30.6 Å². The number of nitrogens with zero attached hydrogens (tertiary/aromatic N) is 2. The fourth-order valence-electron chi connectivity index (χ4n) is 4.80. The molecule has 2 atom stereocenters. The molecule has 2 fully saturated rings. The number of sulfonamides is 1. The van der Waals surface area contributed by atoms with E-state index in [0.29, 0.717) is 18.2 Å². The van der Waals surface area contributed by atoms with Crippen LogP contribution in [0.4, 0.5) is 27.9 Å². The van der Waals surface area contributed by atoms with Crippen LogP contribution >= 0.6 is 0 Å². The second-order valence-electron chi connectivity index (χ2n) is 9.87. The monoisotopic (exact) mass is 520 g/mol. The maximum atomic E-state index is 12.1. The zero-order valence-corrected chi connectivity index (χ0v) is 21.4. The summed E-state index contributed by atoms with van der Waals surface area (Å²) >= 11 is 0. The van der Waals surface area contributed by atoms with E-state index in [1.54, 1.807) is 6.20 Å².